The number of hydrogen-bond acceptors (Lipinski definition) is 6. The van der Waals surface area contributed by atoms with Crippen LogP contribution in [0.5, 0.6) is 5.75 Å². The molecule has 2 aromatic heterocycles. The minimum Gasteiger partial charge on any atom is -0.496 e. The molecule has 34 heavy (non-hydrogen) atoms. The van der Waals surface area contributed by atoms with Gasteiger partial charge in [-0.25, -0.2) is 0 Å². The summed E-state index contributed by atoms with van der Waals surface area (Å²) in [6.07, 6.45) is 6.38. The van der Waals surface area contributed by atoms with Gasteiger partial charge in [0, 0.05) is 54.0 Å². The van der Waals surface area contributed by atoms with Crippen molar-refractivity contribution in [1.82, 2.24) is 30.5 Å². The highest BCUT2D eigenvalue weighted by atomic mass is 16.5. The molecule has 0 saturated carbocycles. The van der Waals surface area contributed by atoms with Crippen LogP contribution in [0.4, 0.5) is 0 Å². The molecule has 2 N–H and O–H groups in total. The second kappa shape index (κ2) is 8.52. The van der Waals surface area contributed by atoms with Crippen LogP contribution in [-0.4, -0.2) is 56.4 Å². The average molecular weight is 459 g/mol. The lowest BCUT2D eigenvalue weighted by molar-refractivity contribution is -0.0676. The molecule has 8 heteroatoms. The number of aryl methyl sites for hydroxylation is 1. The quantitative estimate of drug-likeness (QED) is 0.456. The molecule has 2 fully saturated rings. The normalized spacial score (nSPS) is 23.2. The number of methoxy groups -OCH3 is 1. The minimum atomic E-state index is -0.00568. The predicted molar refractivity (Wildman–Crippen MR) is 130 cm³/mol. The molecule has 4 aromatic rings. The lowest BCUT2D eigenvalue weighted by Crippen LogP contribution is -2.45. The number of aromatic amines is 2. The highest BCUT2D eigenvalue weighted by molar-refractivity contribution is 5.88. The first-order valence-corrected chi connectivity index (χ1v) is 12.0. The van der Waals surface area contributed by atoms with Crippen LogP contribution in [0.15, 0.2) is 42.6 Å². The Morgan fingerprint density at radius 1 is 1.21 bits per heavy atom. The first-order valence-electron chi connectivity index (χ1n) is 12.0. The second-order valence-corrected chi connectivity index (χ2v) is 9.57. The van der Waals surface area contributed by atoms with Gasteiger partial charge in [0.25, 0.3) is 0 Å². The summed E-state index contributed by atoms with van der Waals surface area (Å²) in [5.41, 5.74) is 5.87. The number of aromatic nitrogens is 5. The standard InChI is InChI=1S/C26H30N6O2/c1-17-14-23(33-2)21(20-8-11-27-24(17)20)16-32-12-10-26(9-3-13-34-26)15-22(32)18-4-6-19(7-5-18)25-28-30-31-29-25/h4-8,11,14,22,27H,3,9-10,12-13,15-16H2,1-2H3,(H,28,29,30,31)/t22-,26?/m0/s1. The lowest BCUT2D eigenvalue weighted by Gasteiger charge is -2.45. The number of ether oxygens (including phenoxy) is 2. The molecule has 2 aromatic carbocycles. The van der Waals surface area contributed by atoms with E-state index in [0.717, 1.165) is 56.7 Å². The Kier molecular flexibility index (Phi) is 5.34. The largest absolute Gasteiger partial charge is 0.496 e. The first-order chi connectivity index (χ1) is 16.7. The highest BCUT2D eigenvalue weighted by Gasteiger charge is 2.43. The summed E-state index contributed by atoms with van der Waals surface area (Å²) >= 11 is 0. The number of piperidine rings is 1. The maximum atomic E-state index is 6.34. The van der Waals surface area contributed by atoms with E-state index >= 15 is 0 Å². The molecule has 1 unspecified atom stereocenters. The molecule has 8 nitrogen and oxygen atoms in total. The van der Waals surface area contributed by atoms with Crippen molar-refractivity contribution < 1.29 is 9.47 Å². The summed E-state index contributed by atoms with van der Waals surface area (Å²) in [4.78, 5) is 6.00. The molecule has 176 valence electrons. The van der Waals surface area contributed by atoms with Crippen molar-refractivity contribution >= 4 is 10.9 Å². The number of benzene rings is 2. The van der Waals surface area contributed by atoms with Gasteiger partial charge in [0.05, 0.1) is 12.7 Å². The van der Waals surface area contributed by atoms with E-state index in [2.05, 4.69) is 73.8 Å². The van der Waals surface area contributed by atoms with Crippen molar-refractivity contribution in [2.24, 2.45) is 0 Å². The molecule has 0 bridgehead atoms. The summed E-state index contributed by atoms with van der Waals surface area (Å²) in [7, 11) is 1.77. The number of fused-ring (bicyclic) bond motifs is 1. The zero-order valence-corrected chi connectivity index (χ0v) is 19.7. The van der Waals surface area contributed by atoms with Crippen molar-refractivity contribution in [1.29, 1.82) is 0 Å². The van der Waals surface area contributed by atoms with Gasteiger partial charge < -0.3 is 14.5 Å². The lowest BCUT2D eigenvalue weighted by atomic mass is 9.81. The number of nitrogens with zero attached hydrogens (tertiary/aromatic N) is 4. The number of hydrogen-bond donors (Lipinski definition) is 2. The molecule has 2 saturated heterocycles. The van der Waals surface area contributed by atoms with Crippen LogP contribution in [0.3, 0.4) is 0 Å². The van der Waals surface area contributed by atoms with Gasteiger partial charge in [0.2, 0.25) is 5.82 Å². The van der Waals surface area contributed by atoms with Crippen LogP contribution in [0, 0.1) is 6.92 Å². The van der Waals surface area contributed by atoms with E-state index in [1.165, 1.54) is 27.6 Å². The van der Waals surface area contributed by atoms with Crippen molar-refractivity contribution in [3.05, 3.63) is 59.3 Å². The molecule has 4 heterocycles. The van der Waals surface area contributed by atoms with Crippen LogP contribution < -0.4 is 4.74 Å². The van der Waals surface area contributed by atoms with Crippen LogP contribution >= 0.6 is 0 Å². The number of tetrazole rings is 1. The number of likely N-dealkylation sites (tertiary alicyclic amines) is 1. The van der Waals surface area contributed by atoms with Crippen molar-refractivity contribution in [3.63, 3.8) is 0 Å². The highest BCUT2D eigenvalue weighted by Crippen LogP contribution is 2.45. The van der Waals surface area contributed by atoms with Gasteiger partial charge in [0.1, 0.15) is 5.75 Å². The topological polar surface area (TPSA) is 92.0 Å². The second-order valence-electron chi connectivity index (χ2n) is 9.57. The van der Waals surface area contributed by atoms with Crippen LogP contribution in [-0.2, 0) is 11.3 Å². The van der Waals surface area contributed by atoms with Gasteiger partial charge in [-0.3, -0.25) is 4.90 Å². The van der Waals surface area contributed by atoms with Gasteiger partial charge in [0.15, 0.2) is 0 Å². The van der Waals surface area contributed by atoms with Gasteiger partial charge in [-0.05, 0) is 61.1 Å². The molecule has 2 aliphatic heterocycles. The Morgan fingerprint density at radius 3 is 2.82 bits per heavy atom. The number of nitrogens with one attached hydrogen (secondary N) is 2. The zero-order valence-electron chi connectivity index (χ0n) is 19.7. The summed E-state index contributed by atoms with van der Waals surface area (Å²) in [6, 6.07) is 13.2. The fraction of sp³-hybridized carbons (Fsp3) is 0.423. The predicted octanol–water partition coefficient (Wildman–Crippen LogP) is 4.55. The summed E-state index contributed by atoms with van der Waals surface area (Å²) in [5.74, 6) is 1.56. The van der Waals surface area contributed by atoms with E-state index in [4.69, 9.17) is 9.47 Å². The van der Waals surface area contributed by atoms with E-state index < -0.39 is 0 Å². The average Bonchev–Trinajstić information content (AvgIpc) is 3.64. The molecule has 2 aliphatic rings. The van der Waals surface area contributed by atoms with E-state index in [1.807, 2.05) is 6.20 Å². The first kappa shape index (κ1) is 21.3. The smallest absolute Gasteiger partial charge is 0.204 e. The Bertz CT molecular complexity index is 1270. The molecule has 0 radical (unpaired) electrons. The summed E-state index contributed by atoms with van der Waals surface area (Å²) in [6.45, 7) is 4.81. The molecule has 0 aliphatic carbocycles. The van der Waals surface area contributed by atoms with Crippen LogP contribution in [0.2, 0.25) is 0 Å². The van der Waals surface area contributed by atoms with Crippen LogP contribution in [0.1, 0.15) is 48.4 Å². The van der Waals surface area contributed by atoms with E-state index in [9.17, 15) is 0 Å². The van der Waals surface area contributed by atoms with Gasteiger partial charge in [-0.2, -0.15) is 5.21 Å². The van der Waals surface area contributed by atoms with Crippen LogP contribution in [0.25, 0.3) is 22.3 Å². The zero-order chi connectivity index (χ0) is 23.1. The molecule has 6 rings (SSSR count). The van der Waals surface area contributed by atoms with Crippen molar-refractivity contribution in [2.75, 3.05) is 20.3 Å². The van der Waals surface area contributed by atoms with Crippen molar-refractivity contribution in [3.8, 4) is 17.1 Å². The van der Waals surface area contributed by atoms with Gasteiger partial charge in [-0.15, -0.1) is 10.2 Å². The van der Waals surface area contributed by atoms with E-state index in [1.54, 1.807) is 7.11 Å². The SMILES string of the molecule is COc1cc(C)c2[nH]ccc2c1CN1CCC2(CCCO2)C[C@H]1c1ccc(-c2nn[nH]n2)cc1. The third kappa shape index (κ3) is 3.67. The van der Waals surface area contributed by atoms with Gasteiger partial charge in [-0.1, -0.05) is 24.3 Å². The number of rotatable bonds is 5. The molecular formula is C26H30N6O2. The van der Waals surface area contributed by atoms with Crippen molar-refractivity contribution in [2.45, 2.75) is 50.8 Å². The maximum Gasteiger partial charge on any atom is 0.204 e. The Morgan fingerprint density at radius 2 is 2.09 bits per heavy atom. The maximum absolute atomic E-state index is 6.34. The number of H-pyrrole nitrogens is 2. The van der Waals surface area contributed by atoms with E-state index in [0.29, 0.717) is 5.82 Å². The Hall–Kier alpha value is -3.23. The minimum absolute atomic E-state index is 0.00568. The Labute approximate surface area is 198 Å². The summed E-state index contributed by atoms with van der Waals surface area (Å²) in [5, 5.41) is 15.7. The summed E-state index contributed by atoms with van der Waals surface area (Å²) < 4.78 is 12.2. The fourth-order valence-corrected chi connectivity index (χ4v) is 5.84. The molecular weight excluding hydrogens is 428 g/mol. The van der Waals surface area contributed by atoms with E-state index in [-0.39, 0.29) is 11.6 Å². The third-order valence-corrected chi connectivity index (χ3v) is 7.64. The fourth-order valence-electron chi connectivity index (χ4n) is 5.84. The monoisotopic (exact) mass is 458 g/mol. The molecule has 2 atom stereocenters. The third-order valence-electron chi connectivity index (χ3n) is 7.64. The van der Waals surface area contributed by atoms with Gasteiger partial charge >= 0.3 is 0 Å². The molecule has 0 amide bonds. The molecule has 1 spiro atoms. The Balaban J connectivity index is 1.36.